The quantitative estimate of drug-likeness (QED) is 0.179. The minimum absolute atomic E-state index is 0.0805. The van der Waals surface area contributed by atoms with Crippen LogP contribution >= 0.6 is 0 Å². The molecule has 0 amide bonds. The van der Waals surface area contributed by atoms with Gasteiger partial charge in [-0.3, -0.25) is 0 Å². The van der Waals surface area contributed by atoms with Gasteiger partial charge < -0.3 is 14.2 Å². The van der Waals surface area contributed by atoms with Crippen molar-refractivity contribution in [2.75, 3.05) is 4.90 Å². The summed E-state index contributed by atoms with van der Waals surface area (Å²) >= 11 is 0. The van der Waals surface area contributed by atoms with Crippen LogP contribution in [-0.4, -0.2) is 11.3 Å². The van der Waals surface area contributed by atoms with Gasteiger partial charge >= 0.3 is 0 Å². The lowest BCUT2D eigenvalue weighted by molar-refractivity contribution is 0.486. The van der Waals surface area contributed by atoms with Crippen LogP contribution in [0.25, 0.3) is 38.6 Å². The van der Waals surface area contributed by atoms with Crippen LogP contribution in [0.3, 0.4) is 0 Å². The molecule has 7 aromatic carbocycles. The lowest BCUT2D eigenvalue weighted by Gasteiger charge is -2.34. The SMILES string of the molecule is Cc1cc2c3c(c1)-n1c4ccccc4c4cccc(c41)B3c1cc3c(cc1O2)-c1ccc(N(c2ccccc2)c2ccccc2)cc1C3(C)C. The summed E-state index contributed by atoms with van der Waals surface area (Å²) in [7, 11) is 0. The van der Waals surface area contributed by atoms with Gasteiger partial charge in [-0.15, -0.1) is 0 Å². The number of aryl methyl sites for hydroxylation is 1. The van der Waals surface area contributed by atoms with E-state index in [4.69, 9.17) is 4.74 Å². The number of fused-ring (bicyclic) bond motifs is 10. The fraction of sp³-hybridized carbons (Fsp3) is 0.0870. The van der Waals surface area contributed by atoms with Crippen LogP contribution in [0.1, 0.15) is 30.5 Å². The summed E-state index contributed by atoms with van der Waals surface area (Å²) in [5, 5.41) is 2.60. The van der Waals surface area contributed by atoms with Gasteiger partial charge in [0.05, 0.1) is 5.52 Å². The number of benzene rings is 7. The average molecular weight is 641 g/mol. The van der Waals surface area contributed by atoms with Gasteiger partial charge in [0.25, 0.3) is 6.71 Å². The highest BCUT2D eigenvalue weighted by Crippen LogP contribution is 2.52. The van der Waals surface area contributed by atoms with Gasteiger partial charge in [0.1, 0.15) is 11.5 Å². The van der Waals surface area contributed by atoms with Crippen LogP contribution in [0.5, 0.6) is 11.5 Å². The molecular formula is C46H33BN2O. The standard InChI is InChI=1S/C46H33BN2O/c1-28-23-41-44-43(24-28)50-42-26-35-32-22-21-31(48(29-13-6-4-7-14-29)30-15-8-5-9-16-30)25-36(32)46(2,3)37(35)27-39(42)47(44)38-19-12-18-34-33-17-10-11-20-40(33)49(41)45(34)38/h4-27H,1-3H3. The molecule has 236 valence electrons. The van der Waals surface area contributed by atoms with Gasteiger partial charge in [0.2, 0.25) is 0 Å². The lowest BCUT2D eigenvalue weighted by Crippen LogP contribution is -2.58. The third-order valence-electron chi connectivity index (χ3n) is 11.4. The third kappa shape index (κ3) is 3.60. The average Bonchev–Trinajstić information content (AvgIpc) is 3.59. The third-order valence-corrected chi connectivity index (χ3v) is 11.4. The summed E-state index contributed by atoms with van der Waals surface area (Å²) in [5.74, 6) is 1.93. The van der Waals surface area contributed by atoms with E-state index in [2.05, 4.69) is 176 Å². The summed E-state index contributed by atoms with van der Waals surface area (Å²) < 4.78 is 9.45. The van der Waals surface area contributed by atoms with E-state index >= 15 is 0 Å². The molecule has 1 aliphatic carbocycles. The molecule has 4 heteroatoms. The maximum Gasteiger partial charge on any atom is 0.256 e. The van der Waals surface area contributed by atoms with Crippen molar-refractivity contribution in [2.24, 2.45) is 0 Å². The van der Waals surface area contributed by atoms with Crippen molar-refractivity contribution < 1.29 is 4.74 Å². The van der Waals surface area contributed by atoms with Gasteiger partial charge in [-0.05, 0) is 112 Å². The highest BCUT2D eigenvalue weighted by atomic mass is 16.5. The number of nitrogens with zero attached hydrogens (tertiary/aromatic N) is 2. The highest BCUT2D eigenvalue weighted by molar-refractivity contribution is 6.99. The Balaban J connectivity index is 1.12. The van der Waals surface area contributed by atoms with E-state index in [1.807, 2.05) is 0 Å². The van der Waals surface area contributed by atoms with E-state index in [0.29, 0.717) is 0 Å². The van der Waals surface area contributed by atoms with Crippen LogP contribution in [0.2, 0.25) is 0 Å². The molecule has 0 unspecified atom stereocenters. The second kappa shape index (κ2) is 9.80. The Morgan fingerprint density at radius 1 is 0.580 bits per heavy atom. The lowest BCUT2D eigenvalue weighted by atomic mass is 9.34. The Kier molecular flexibility index (Phi) is 5.47. The van der Waals surface area contributed by atoms with Crippen LogP contribution in [-0.2, 0) is 5.41 Å². The molecule has 1 aromatic heterocycles. The summed E-state index contributed by atoms with van der Waals surface area (Å²) in [6, 6.07) is 53.4. The molecule has 50 heavy (non-hydrogen) atoms. The Bertz CT molecular complexity index is 2690. The summed E-state index contributed by atoms with van der Waals surface area (Å²) in [6.07, 6.45) is 0. The minimum atomic E-state index is -0.208. The Morgan fingerprint density at radius 2 is 1.28 bits per heavy atom. The zero-order chi connectivity index (χ0) is 33.3. The van der Waals surface area contributed by atoms with E-state index in [1.54, 1.807) is 0 Å². The van der Waals surface area contributed by atoms with Gasteiger partial charge in [0, 0.05) is 44.5 Å². The molecule has 3 heterocycles. The monoisotopic (exact) mass is 640 g/mol. The maximum absolute atomic E-state index is 6.97. The second-order valence-electron chi connectivity index (χ2n) is 14.6. The molecule has 0 fully saturated rings. The predicted octanol–water partition coefficient (Wildman–Crippen LogP) is 9.80. The fourth-order valence-electron chi connectivity index (χ4n) is 9.25. The number of hydrogen-bond acceptors (Lipinski definition) is 2. The van der Waals surface area contributed by atoms with Crippen LogP contribution < -0.4 is 26.0 Å². The van der Waals surface area contributed by atoms with Crippen molar-refractivity contribution in [3.63, 3.8) is 0 Å². The van der Waals surface area contributed by atoms with E-state index in [1.165, 1.54) is 71.7 Å². The molecule has 3 nitrogen and oxygen atoms in total. The zero-order valence-electron chi connectivity index (χ0n) is 28.2. The van der Waals surface area contributed by atoms with Crippen molar-refractivity contribution in [3.05, 3.63) is 162 Å². The van der Waals surface area contributed by atoms with E-state index in [0.717, 1.165) is 28.6 Å². The summed E-state index contributed by atoms with van der Waals surface area (Å²) in [5.41, 5.74) is 17.3. The predicted molar refractivity (Wildman–Crippen MR) is 209 cm³/mol. The number of rotatable bonds is 3. The first-order chi connectivity index (χ1) is 24.5. The van der Waals surface area contributed by atoms with Crippen molar-refractivity contribution in [1.82, 2.24) is 4.57 Å². The van der Waals surface area contributed by atoms with Crippen LogP contribution in [0, 0.1) is 6.92 Å². The Morgan fingerprint density at radius 3 is 2.06 bits per heavy atom. The second-order valence-corrected chi connectivity index (χ2v) is 14.6. The molecule has 11 rings (SSSR count). The first kappa shape index (κ1) is 27.9. The number of ether oxygens (including phenoxy) is 1. The van der Waals surface area contributed by atoms with Gasteiger partial charge in [-0.2, -0.15) is 0 Å². The van der Waals surface area contributed by atoms with Crippen molar-refractivity contribution >= 4 is 62.0 Å². The molecule has 0 radical (unpaired) electrons. The van der Waals surface area contributed by atoms with Gasteiger partial charge in [-0.1, -0.05) is 98.8 Å². The largest absolute Gasteiger partial charge is 0.458 e. The Labute approximate surface area is 292 Å². The Hall–Kier alpha value is -6.00. The van der Waals surface area contributed by atoms with E-state index in [9.17, 15) is 0 Å². The maximum atomic E-state index is 6.97. The van der Waals surface area contributed by atoms with Crippen molar-refractivity contribution in [3.8, 4) is 28.3 Å². The molecular weight excluding hydrogens is 607 g/mol. The first-order valence-electron chi connectivity index (χ1n) is 17.6. The minimum Gasteiger partial charge on any atom is -0.458 e. The van der Waals surface area contributed by atoms with Crippen LogP contribution in [0.4, 0.5) is 17.1 Å². The smallest absolute Gasteiger partial charge is 0.256 e. The molecule has 8 aromatic rings. The molecule has 0 spiro atoms. The molecule has 0 saturated carbocycles. The number of para-hydroxylation sites is 4. The van der Waals surface area contributed by atoms with E-state index < -0.39 is 0 Å². The van der Waals surface area contributed by atoms with Crippen molar-refractivity contribution in [1.29, 1.82) is 0 Å². The van der Waals surface area contributed by atoms with Gasteiger partial charge in [0.15, 0.2) is 0 Å². The highest BCUT2D eigenvalue weighted by Gasteiger charge is 2.44. The number of anilines is 3. The number of hydrogen-bond donors (Lipinski definition) is 0. The summed E-state index contributed by atoms with van der Waals surface area (Å²) in [6.45, 7) is 7.03. The molecule has 3 aliphatic rings. The first-order valence-corrected chi connectivity index (χ1v) is 17.6. The van der Waals surface area contributed by atoms with Gasteiger partial charge in [-0.25, -0.2) is 0 Å². The molecule has 2 aliphatic heterocycles. The number of aromatic nitrogens is 1. The molecule has 0 atom stereocenters. The fourth-order valence-corrected chi connectivity index (χ4v) is 9.25. The normalized spacial score (nSPS) is 14.2. The molecule has 0 N–H and O–H groups in total. The van der Waals surface area contributed by atoms with Crippen molar-refractivity contribution in [2.45, 2.75) is 26.2 Å². The summed E-state index contributed by atoms with van der Waals surface area (Å²) in [4.78, 5) is 2.36. The van der Waals surface area contributed by atoms with Crippen LogP contribution in [0.15, 0.2) is 146 Å². The molecule has 0 saturated heterocycles. The van der Waals surface area contributed by atoms with E-state index in [-0.39, 0.29) is 12.1 Å². The zero-order valence-corrected chi connectivity index (χ0v) is 28.2. The topological polar surface area (TPSA) is 17.4 Å². The molecule has 0 bridgehead atoms.